The molecule has 1 amide bonds. The first-order valence-electron chi connectivity index (χ1n) is 6.34. The first-order valence-corrected chi connectivity index (χ1v) is 6.34. The molecule has 0 saturated carbocycles. The minimum atomic E-state index is -1.32. The van der Waals surface area contributed by atoms with Gasteiger partial charge >= 0.3 is 0 Å². The average molecular weight is 262 g/mol. The predicted molar refractivity (Wildman–Crippen MR) is 67.6 cm³/mol. The van der Waals surface area contributed by atoms with Crippen LogP contribution in [0.1, 0.15) is 18.4 Å². The smallest absolute Gasteiger partial charge is 0.252 e. The van der Waals surface area contributed by atoms with Crippen LogP contribution in [0.2, 0.25) is 0 Å². The van der Waals surface area contributed by atoms with Gasteiger partial charge in [-0.2, -0.15) is 0 Å². The molecule has 2 rings (SSSR count). The molecule has 0 radical (unpaired) electrons. The number of para-hydroxylation sites is 1. The lowest BCUT2D eigenvalue weighted by Crippen LogP contribution is -2.36. The van der Waals surface area contributed by atoms with E-state index in [1.165, 1.54) is 0 Å². The van der Waals surface area contributed by atoms with Gasteiger partial charge < -0.3 is 19.5 Å². The summed E-state index contributed by atoms with van der Waals surface area (Å²) in [7, 11) is 0. The van der Waals surface area contributed by atoms with Crippen molar-refractivity contribution in [3.05, 3.63) is 29.8 Å². The summed E-state index contributed by atoms with van der Waals surface area (Å²) >= 11 is 0. The van der Waals surface area contributed by atoms with Crippen LogP contribution < -0.4 is 10.0 Å². The van der Waals surface area contributed by atoms with Gasteiger partial charge in [0.05, 0.1) is 12.6 Å². The van der Waals surface area contributed by atoms with E-state index < -0.39 is 12.6 Å². The number of hydrogen-bond acceptors (Lipinski definition) is 4. The Morgan fingerprint density at radius 2 is 2.00 bits per heavy atom. The van der Waals surface area contributed by atoms with Gasteiger partial charge in [-0.15, -0.1) is 0 Å². The summed E-state index contributed by atoms with van der Waals surface area (Å²) in [6.45, 7) is -0.145. The van der Waals surface area contributed by atoms with Crippen molar-refractivity contribution < 1.29 is 19.4 Å². The maximum Gasteiger partial charge on any atom is 0.252 e. The van der Waals surface area contributed by atoms with Crippen LogP contribution in [0, 0.1) is 0 Å². The van der Waals surface area contributed by atoms with Crippen LogP contribution in [0.25, 0.3) is 0 Å². The third-order valence-electron chi connectivity index (χ3n) is 3.11. The van der Waals surface area contributed by atoms with E-state index in [9.17, 15) is 14.7 Å². The Balaban J connectivity index is 2.06. The van der Waals surface area contributed by atoms with Crippen LogP contribution in [0.5, 0.6) is 0 Å². The number of carbonyl (C=O) groups excluding carboxylic acids is 2. The molecule has 0 saturated heterocycles. The zero-order valence-corrected chi connectivity index (χ0v) is 10.6. The molecule has 5 heteroatoms. The molecule has 1 heterocycles. The molecule has 0 aromatic heterocycles. The minimum Gasteiger partial charge on any atom is -0.548 e. The molecular weight excluding hydrogens is 246 g/mol. The van der Waals surface area contributed by atoms with E-state index >= 15 is 0 Å². The molecule has 1 aromatic rings. The molecule has 0 N–H and O–H groups in total. The molecule has 19 heavy (non-hydrogen) atoms. The molecule has 0 unspecified atom stereocenters. The summed E-state index contributed by atoms with van der Waals surface area (Å²) in [6, 6.07) is 7.78. The number of carboxylic acid groups (broad SMARTS) is 1. The summed E-state index contributed by atoms with van der Waals surface area (Å²) in [5.74, 6) is -1.53. The standard InChI is InChI=1S/C14H17NO4/c16-13(9-19-10-14(17)18)15-8-4-3-6-11-5-1-2-7-12(11)15/h1-2,5,7H,3-4,6,8-10H2,(H,17,18)/p-1. The van der Waals surface area contributed by atoms with Gasteiger partial charge in [0.1, 0.15) is 6.61 Å². The monoisotopic (exact) mass is 262 g/mol. The van der Waals surface area contributed by atoms with E-state index in [-0.39, 0.29) is 12.5 Å². The highest BCUT2D eigenvalue weighted by atomic mass is 16.5. The van der Waals surface area contributed by atoms with Gasteiger partial charge in [-0.1, -0.05) is 18.2 Å². The average Bonchev–Trinajstić information content (AvgIpc) is 2.60. The number of carboxylic acids is 1. The Morgan fingerprint density at radius 3 is 2.79 bits per heavy atom. The van der Waals surface area contributed by atoms with Gasteiger partial charge in [0.25, 0.3) is 5.91 Å². The second-order valence-electron chi connectivity index (χ2n) is 4.50. The summed E-state index contributed by atoms with van der Waals surface area (Å²) in [5, 5.41) is 10.2. The molecule has 0 spiro atoms. The van der Waals surface area contributed by atoms with E-state index in [1.807, 2.05) is 24.3 Å². The number of aliphatic carboxylic acids is 1. The van der Waals surface area contributed by atoms with Crippen LogP contribution in [0.3, 0.4) is 0 Å². The van der Waals surface area contributed by atoms with Crippen molar-refractivity contribution >= 4 is 17.6 Å². The second-order valence-corrected chi connectivity index (χ2v) is 4.50. The van der Waals surface area contributed by atoms with E-state index in [0.717, 1.165) is 30.5 Å². The van der Waals surface area contributed by atoms with Gasteiger partial charge in [-0.25, -0.2) is 0 Å². The summed E-state index contributed by atoms with van der Waals surface area (Å²) in [5.41, 5.74) is 2.05. The molecular formula is C14H16NO4-. The maximum atomic E-state index is 12.1. The number of anilines is 1. The number of hydrogen-bond donors (Lipinski definition) is 0. The quantitative estimate of drug-likeness (QED) is 0.773. The first-order chi connectivity index (χ1) is 9.18. The molecule has 102 valence electrons. The van der Waals surface area contributed by atoms with E-state index in [0.29, 0.717) is 6.54 Å². The lowest BCUT2D eigenvalue weighted by Gasteiger charge is -2.22. The van der Waals surface area contributed by atoms with E-state index in [1.54, 1.807) is 4.90 Å². The Hall–Kier alpha value is -1.88. The number of ether oxygens (including phenoxy) is 1. The van der Waals surface area contributed by atoms with Crippen LogP contribution in [-0.4, -0.2) is 31.6 Å². The Bertz CT molecular complexity index is 472. The highest BCUT2D eigenvalue weighted by molar-refractivity contribution is 5.95. The Labute approximate surface area is 111 Å². The normalized spacial score (nSPS) is 14.6. The van der Waals surface area contributed by atoms with E-state index in [2.05, 4.69) is 0 Å². The molecule has 1 aromatic carbocycles. The molecule has 1 aliphatic heterocycles. The number of aryl methyl sites for hydroxylation is 1. The molecule has 5 nitrogen and oxygen atoms in total. The Morgan fingerprint density at radius 1 is 1.21 bits per heavy atom. The van der Waals surface area contributed by atoms with Crippen molar-refractivity contribution in [2.75, 3.05) is 24.7 Å². The maximum absolute atomic E-state index is 12.1. The largest absolute Gasteiger partial charge is 0.548 e. The zero-order valence-electron chi connectivity index (χ0n) is 10.6. The molecule has 0 atom stereocenters. The first kappa shape index (κ1) is 13.5. The Kier molecular flexibility index (Phi) is 4.52. The van der Waals surface area contributed by atoms with Crippen molar-refractivity contribution in [1.29, 1.82) is 0 Å². The molecule has 0 fully saturated rings. The third-order valence-corrected chi connectivity index (χ3v) is 3.11. The van der Waals surface area contributed by atoms with E-state index in [4.69, 9.17) is 4.74 Å². The zero-order chi connectivity index (χ0) is 13.7. The van der Waals surface area contributed by atoms with Gasteiger partial charge in [-0.05, 0) is 30.9 Å². The summed E-state index contributed by atoms with van der Waals surface area (Å²) < 4.78 is 4.81. The van der Waals surface area contributed by atoms with Crippen molar-refractivity contribution in [3.63, 3.8) is 0 Å². The number of benzene rings is 1. The van der Waals surface area contributed by atoms with Crippen LogP contribution in [0.4, 0.5) is 5.69 Å². The van der Waals surface area contributed by atoms with Gasteiger partial charge in [0, 0.05) is 12.2 Å². The second kappa shape index (κ2) is 6.33. The van der Waals surface area contributed by atoms with Crippen molar-refractivity contribution in [2.24, 2.45) is 0 Å². The minimum absolute atomic E-state index is 0.212. The topological polar surface area (TPSA) is 69.7 Å². The van der Waals surface area contributed by atoms with Gasteiger partial charge in [-0.3, -0.25) is 4.79 Å². The number of nitrogens with zero attached hydrogens (tertiary/aromatic N) is 1. The SMILES string of the molecule is O=C([O-])COCC(=O)N1CCCCc2ccccc21. The summed E-state index contributed by atoms with van der Waals surface area (Å²) in [6.07, 6.45) is 2.93. The van der Waals surface area contributed by atoms with Crippen molar-refractivity contribution in [3.8, 4) is 0 Å². The van der Waals surface area contributed by atoms with Gasteiger partial charge in [0.2, 0.25) is 0 Å². The fourth-order valence-corrected chi connectivity index (χ4v) is 2.25. The predicted octanol–water partition coefficient (Wildman–Crippen LogP) is 0.122. The lowest BCUT2D eigenvalue weighted by atomic mass is 10.1. The summed E-state index contributed by atoms with van der Waals surface area (Å²) in [4.78, 5) is 24.0. The van der Waals surface area contributed by atoms with Crippen molar-refractivity contribution in [1.82, 2.24) is 0 Å². The van der Waals surface area contributed by atoms with Crippen LogP contribution >= 0.6 is 0 Å². The number of fused-ring (bicyclic) bond motifs is 1. The highest BCUT2D eigenvalue weighted by Gasteiger charge is 2.20. The molecule has 0 aliphatic carbocycles. The van der Waals surface area contributed by atoms with Crippen LogP contribution in [-0.2, 0) is 20.7 Å². The fourth-order valence-electron chi connectivity index (χ4n) is 2.25. The van der Waals surface area contributed by atoms with Crippen LogP contribution in [0.15, 0.2) is 24.3 Å². The lowest BCUT2D eigenvalue weighted by molar-refractivity contribution is -0.309. The third kappa shape index (κ3) is 3.54. The van der Waals surface area contributed by atoms with Gasteiger partial charge in [0.15, 0.2) is 0 Å². The highest BCUT2D eigenvalue weighted by Crippen LogP contribution is 2.26. The fraction of sp³-hybridized carbons (Fsp3) is 0.429. The number of amides is 1. The molecule has 1 aliphatic rings. The molecule has 0 bridgehead atoms. The van der Waals surface area contributed by atoms with Crippen molar-refractivity contribution in [2.45, 2.75) is 19.3 Å². The number of carbonyl (C=O) groups is 2. The number of rotatable bonds is 4.